The minimum atomic E-state index is 0.0898. The Morgan fingerprint density at radius 2 is 2.12 bits per heavy atom. The van der Waals surface area contributed by atoms with E-state index in [-0.39, 0.29) is 5.91 Å². The predicted octanol–water partition coefficient (Wildman–Crippen LogP) is 2.51. The highest BCUT2D eigenvalue weighted by molar-refractivity contribution is 5.94. The fourth-order valence-corrected chi connectivity index (χ4v) is 3.54. The van der Waals surface area contributed by atoms with Crippen molar-refractivity contribution in [3.05, 3.63) is 41.2 Å². The van der Waals surface area contributed by atoms with Gasteiger partial charge in [-0.1, -0.05) is 6.07 Å². The number of anilines is 1. The van der Waals surface area contributed by atoms with Gasteiger partial charge in [0, 0.05) is 48.9 Å². The fourth-order valence-electron chi connectivity index (χ4n) is 3.54. The van der Waals surface area contributed by atoms with E-state index in [2.05, 4.69) is 26.5 Å². The molecule has 132 valence electrons. The van der Waals surface area contributed by atoms with Gasteiger partial charge in [-0.3, -0.25) is 14.8 Å². The van der Waals surface area contributed by atoms with Crippen molar-refractivity contribution >= 4 is 11.6 Å². The summed E-state index contributed by atoms with van der Waals surface area (Å²) in [6, 6.07) is 6.00. The minimum absolute atomic E-state index is 0.0898. The second-order valence-electron chi connectivity index (χ2n) is 6.82. The zero-order valence-electron chi connectivity index (χ0n) is 14.4. The number of nitrogens with zero attached hydrogens (tertiary/aromatic N) is 2. The largest absolute Gasteiger partial charge is 0.494 e. The van der Waals surface area contributed by atoms with Crippen molar-refractivity contribution in [1.29, 1.82) is 0 Å². The van der Waals surface area contributed by atoms with Gasteiger partial charge in [-0.25, -0.2) is 0 Å². The zero-order valence-corrected chi connectivity index (χ0v) is 14.4. The second kappa shape index (κ2) is 7.27. The molecule has 0 fully saturated rings. The maximum atomic E-state index is 11.5. The first-order chi connectivity index (χ1) is 12.3. The molecule has 4 rings (SSSR count). The van der Waals surface area contributed by atoms with Gasteiger partial charge >= 0.3 is 0 Å². The molecule has 2 aliphatic rings. The Labute approximate surface area is 147 Å². The molecule has 1 aromatic heterocycles. The number of benzene rings is 1. The number of aryl methyl sites for hydroxylation is 1. The van der Waals surface area contributed by atoms with Crippen LogP contribution in [0.3, 0.4) is 0 Å². The molecule has 2 aromatic rings. The number of ether oxygens (including phenoxy) is 1. The first kappa shape index (κ1) is 16.1. The average Bonchev–Trinajstić information content (AvgIpc) is 3.09. The minimum Gasteiger partial charge on any atom is -0.494 e. The smallest absolute Gasteiger partial charge is 0.224 e. The molecule has 6 heteroatoms. The third-order valence-electron chi connectivity index (χ3n) is 4.99. The number of nitrogens with one attached hydrogen (secondary N) is 2. The number of carbonyl (C=O) groups excluding carboxylic acids is 1. The Morgan fingerprint density at radius 1 is 1.16 bits per heavy atom. The normalized spacial score (nSPS) is 16.9. The van der Waals surface area contributed by atoms with Crippen LogP contribution >= 0.6 is 0 Å². The van der Waals surface area contributed by atoms with Gasteiger partial charge in [-0.15, -0.1) is 0 Å². The summed E-state index contributed by atoms with van der Waals surface area (Å²) in [5.74, 6) is 0.925. The van der Waals surface area contributed by atoms with Gasteiger partial charge in [0.15, 0.2) is 0 Å². The molecule has 0 spiro atoms. The number of carbonyl (C=O) groups is 1. The number of amides is 1. The van der Waals surface area contributed by atoms with Gasteiger partial charge in [0.1, 0.15) is 5.75 Å². The molecule has 0 saturated heterocycles. The molecule has 2 N–H and O–H groups in total. The van der Waals surface area contributed by atoms with Crippen LogP contribution in [0.25, 0.3) is 0 Å². The van der Waals surface area contributed by atoms with E-state index in [4.69, 9.17) is 4.74 Å². The van der Waals surface area contributed by atoms with E-state index >= 15 is 0 Å². The van der Waals surface area contributed by atoms with Crippen molar-refractivity contribution in [1.82, 2.24) is 15.1 Å². The van der Waals surface area contributed by atoms with Crippen LogP contribution in [0, 0.1) is 0 Å². The summed E-state index contributed by atoms with van der Waals surface area (Å²) < 4.78 is 5.86. The lowest BCUT2D eigenvalue weighted by Gasteiger charge is -2.26. The molecule has 0 atom stereocenters. The summed E-state index contributed by atoms with van der Waals surface area (Å²) in [5, 5.41) is 10.1. The van der Waals surface area contributed by atoms with Crippen LogP contribution in [0.5, 0.6) is 5.75 Å². The summed E-state index contributed by atoms with van der Waals surface area (Å²) >= 11 is 0. The number of unbranched alkanes of at least 4 members (excludes halogenated alkanes) is 1. The summed E-state index contributed by atoms with van der Waals surface area (Å²) in [7, 11) is 0. The summed E-state index contributed by atoms with van der Waals surface area (Å²) in [6.07, 6.45) is 6.54. The molecule has 25 heavy (non-hydrogen) atoms. The lowest BCUT2D eigenvalue weighted by molar-refractivity contribution is -0.116. The molecule has 1 amide bonds. The van der Waals surface area contributed by atoms with Crippen LogP contribution in [-0.4, -0.2) is 40.7 Å². The van der Waals surface area contributed by atoms with Crippen LogP contribution < -0.4 is 10.1 Å². The Hall–Kier alpha value is -2.34. The SMILES string of the molecule is O=C1CCc2ccc(OCCCCN3CCc4[nH]ncc4C3)cc2N1. The second-order valence-corrected chi connectivity index (χ2v) is 6.82. The van der Waals surface area contributed by atoms with Crippen LogP contribution in [0.15, 0.2) is 24.4 Å². The quantitative estimate of drug-likeness (QED) is 0.793. The summed E-state index contributed by atoms with van der Waals surface area (Å²) in [5.41, 5.74) is 4.71. The van der Waals surface area contributed by atoms with E-state index in [0.29, 0.717) is 13.0 Å². The van der Waals surface area contributed by atoms with Gasteiger partial charge in [0.05, 0.1) is 12.8 Å². The van der Waals surface area contributed by atoms with Crippen LogP contribution in [0.2, 0.25) is 0 Å². The molecule has 0 aliphatic carbocycles. The molecule has 2 aliphatic heterocycles. The first-order valence-electron chi connectivity index (χ1n) is 9.07. The highest BCUT2D eigenvalue weighted by Gasteiger charge is 2.17. The van der Waals surface area contributed by atoms with Gasteiger partial charge in [0.25, 0.3) is 0 Å². The standard InChI is InChI=1S/C19H24N4O2/c24-19-6-4-14-3-5-16(11-18(14)21-19)25-10-2-1-8-23-9-7-17-15(13-23)12-20-22-17/h3,5,11-12H,1-2,4,6-10,13H2,(H,20,22)(H,21,24). The Morgan fingerprint density at radius 3 is 3.08 bits per heavy atom. The van der Waals surface area contributed by atoms with E-state index in [0.717, 1.165) is 56.8 Å². The topological polar surface area (TPSA) is 70.2 Å². The molecular formula is C19H24N4O2. The lowest BCUT2D eigenvalue weighted by Crippen LogP contribution is -2.31. The van der Waals surface area contributed by atoms with E-state index in [9.17, 15) is 4.79 Å². The number of aromatic amines is 1. The van der Waals surface area contributed by atoms with Crippen molar-refractivity contribution in [2.45, 2.75) is 38.6 Å². The van der Waals surface area contributed by atoms with Crippen molar-refractivity contribution in [3.8, 4) is 5.75 Å². The molecular weight excluding hydrogens is 316 g/mol. The number of fused-ring (bicyclic) bond motifs is 2. The Balaban J connectivity index is 1.19. The van der Waals surface area contributed by atoms with Crippen molar-refractivity contribution in [2.24, 2.45) is 0 Å². The van der Waals surface area contributed by atoms with Crippen molar-refractivity contribution < 1.29 is 9.53 Å². The zero-order chi connectivity index (χ0) is 17.1. The van der Waals surface area contributed by atoms with E-state index < -0.39 is 0 Å². The number of rotatable bonds is 6. The van der Waals surface area contributed by atoms with Crippen LogP contribution in [0.1, 0.15) is 36.1 Å². The maximum Gasteiger partial charge on any atom is 0.224 e. The van der Waals surface area contributed by atoms with E-state index in [1.807, 2.05) is 18.3 Å². The highest BCUT2D eigenvalue weighted by Crippen LogP contribution is 2.27. The number of aromatic nitrogens is 2. The molecule has 0 saturated carbocycles. The molecule has 6 nitrogen and oxygen atoms in total. The summed E-state index contributed by atoms with van der Waals surface area (Å²) in [4.78, 5) is 14.0. The van der Waals surface area contributed by atoms with E-state index in [1.165, 1.54) is 16.8 Å². The third kappa shape index (κ3) is 3.85. The molecule has 1 aromatic carbocycles. The number of H-pyrrole nitrogens is 1. The van der Waals surface area contributed by atoms with Crippen LogP contribution in [-0.2, 0) is 24.2 Å². The van der Waals surface area contributed by atoms with Gasteiger partial charge in [-0.05, 0) is 37.4 Å². The highest BCUT2D eigenvalue weighted by atomic mass is 16.5. The maximum absolute atomic E-state index is 11.5. The monoisotopic (exact) mass is 340 g/mol. The predicted molar refractivity (Wildman–Crippen MR) is 95.7 cm³/mol. The van der Waals surface area contributed by atoms with Gasteiger partial charge in [0.2, 0.25) is 5.91 Å². The molecule has 0 unspecified atom stereocenters. The molecule has 0 radical (unpaired) electrons. The van der Waals surface area contributed by atoms with Crippen molar-refractivity contribution in [2.75, 3.05) is 25.0 Å². The lowest BCUT2D eigenvalue weighted by atomic mass is 10.0. The van der Waals surface area contributed by atoms with Crippen molar-refractivity contribution in [3.63, 3.8) is 0 Å². The molecule has 0 bridgehead atoms. The van der Waals surface area contributed by atoms with Gasteiger partial charge < -0.3 is 10.1 Å². The number of hydrogen-bond acceptors (Lipinski definition) is 4. The average molecular weight is 340 g/mol. The Kier molecular flexibility index (Phi) is 4.70. The third-order valence-corrected chi connectivity index (χ3v) is 4.99. The van der Waals surface area contributed by atoms with Crippen LogP contribution in [0.4, 0.5) is 5.69 Å². The first-order valence-corrected chi connectivity index (χ1v) is 9.07. The van der Waals surface area contributed by atoms with E-state index in [1.54, 1.807) is 0 Å². The Bertz CT molecular complexity index is 756. The fraction of sp³-hybridized carbons (Fsp3) is 0.474. The van der Waals surface area contributed by atoms with Gasteiger partial charge in [-0.2, -0.15) is 5.10 Å². The molecule has 3 heterocycles. The summed E-state index contributed by atoms with van der Waals surface area (Å²) in [6.45, 7) is 3.89. The number of hydrogen-bond donors (Lipinski definition) is 2.